The molecule has 1 fully saturated rings. The van der Waals surface area contributed by atoms with Crippen molar-refractivity contribution >= 4 is 15.9 Å². The fraction of sp³-hybridized carbons (Fsp3) is 0.533. The fourth-order valence-electron chi connectivity index (χ4n) is 1.93. The van der Waals surface area contributed by atoms with Gasteiger partial charge in [-0.15, -0.1) is 0 Å². The first-order valence-corrected chi connectivity index (χ1v) is 8.99. The van der Waals surface area contributed by atoms with Crippen molar-refractivity contribution in [2.24, 2.45) is 5.92 Å². The molecule has 0 saturated heterocycles. The van der Waals surface area contributed by atoms with Crippen LogP contribution in [0.15, 0.2) is 29.2 Å². The van der Waals surface area contributed by atoms with Gasteiger partial charge >= 0.3 is 0 Å². The smallest absolute Gasteiger partial charge is 0.240 e. The van der Waals surface area contributed by atoms with Crippen LogP contribution in [0.5, 0.6) is 5.75 Å². The molecule has 1 aromatic rings. The average molecular weight is 326 g/mol. The van der Waals surface area contributed by atoms with E-state index >= 15 is 0 Å². The molecule has 0 atom stereocenters. The Bertz CT molecular complexity index is 594. The second-order valence-corrected chi connectivity index (χ2v) is 7.07. The van der Waals surface area contributed by atoms with E-state index in [-0.39, 0.29) is 23.8 Å². The molecule has 1 aliphatic carbocycles. The van der Waals surface area contributed by atoms with Gasteiger partial charge in [0, 0.05) is 19.5 Å². The quantitative estimate of drug-likeness (QED) is 0.716. The fourth-order valence-corrected chi connectivity index (χ4v) is 2.96. The Labute approximate surface area is 131 Å². The highest BCUT2D eigenvalue weighted by Gasteiger charge is 2.21. The third-order valence-corrected chi connectivity index (χ3v) is 4.85. The van der Waals surface area contributed by atoms with E-state index in [0.29, 0.717) is 24.8 Å². The monoisotopic (exact) mass is 326 g/mol. The molecule has 0 aromatic heterocycles. The van der Waals surface area contributed by atoms with Gasteiger partial charge in [0.05, 0.1) is 11.5 Å². The first-order chi connectivity index (χ1) is 10.5. The van der Waals surface area contributed by atoms with Crippen molar-refractivity contribution in [3.63, 3.8) is 0 Å². The van der Waals surface area contributed by atoms with Gasteiger partial charge in [-0.1, -0.05) is 0 Å². The molecule has 2 rings (SSSR count). The van der Waals surface area contributed by atoms with Crippen molar-refractivity contribution in [1.82, 2.24) is 10.0 Å². The largest absolute Gasteiger partial charge is 0.494 e. The second kappa shape index (κ2) is 7.60. The van der Waals surface area contributed by atoms with E-state index in [0.717, 1.165) is 0 Å². The molecule has 22 heavy (non-hydrogen) atoms. The second-order valence-electron chi connectivity index (χ2n) is 5.30. The number of ether oxygens (including phenoxy) is 1. The van der Waals surface area contributed by atoms with Gasteiger partial charge in [0.15, 0.2) is 0 Å². The molecule has 1 amide bonds. The minimum atomic E-state index is -3.59. The number of hydrogen-bond donors (Lipinski definition) is 2. The molecule has 7 heteroatoms. The molecule has 6 nitrogen and oxygen atoms in total. The molecule has 0 unspecified atom stereocenters. The zero-order valence-corrected chi connectivity index (χ0v) is 13.5. The van der Waals surface area contributed by atoms with Gasteiger partial charge < -0.3 is 10.1 Å². The highest BCUT2D eigenvalue weighted by molar-refractivity contribution is 7.89. The lowest BCUT2D eigenvalue weighted by molar-refractivity contribution is -0.120. The summed E-state index contributed by atoms with van der Waals surface area (Å²) in [6.07, 6.45) is 2.48. The summed E-state index contributed by atoms with van der Waals surface area (Å²) in [6.45, 7) is 3.18. The van der Waals surface area contributed by atoms with Gasteiger partial charge in [-0.25, -0.2) is 13.1 Å². The van der Waals surface area contributed by atoms with Gasteiger partial charge in [-0.3, -0.25) is 4.79 Å². The number of carbonyl (C=O) groups excluding carboxylic acids is 1. The van der Waals surface area contributed by atoms with Gasteiger partial charge in [0.25, 0.3) is 0 Å². The first kappa shape index (κ1) is 16.8. The third kappa shape index (κ3) is 5.31. The molecule has 1 aromatic carbocycles. The highest BCUT2D eigenvalue weighted by atomic mass is 32.2. The molecule has 2 N–H and O–H groups in total. The van der Waals surface area contributed by atoms with E-state index in [2.05, 4.69) is 10.0 Å². The Balaban J connectivity index is 1.78. The van der Waals surface area contributed by atoms with Crippen LogP contribution >= 0.6 is 0 Å². The van der Waals surface area contributed by atoms with Crippen molar-refractivity contribution in [2.75, 3.05) is 19.7 Å². The summed E-state index contributed by atoms with van der Waals surface area (Å²) in [4.78, 5) is 11.7. The zero-order chi connectivity index (χ0) is 16.0. The molecular weight excluding hydrogens is 304 g/mol. The number of carbonyl (C=O) groups is 1. The number of nitrogens with one attached hydrogen (secondary N) is 2. The van der Waals surface area contributed by atoms with Crippen LogP contribution in [-0.4, -0.2) is 34.0 Å². The Hall–Kier alpha value is -1.60. The number of sulfonamides is 1. The molecule has 122 valence electrons. The van der Waals surface area contributed by atoms with E-state index in [4.69, 9.17) is 4.74 Å². The van der Waals surface area contributed by atoms with Gasteiger partial charge in [-0.2, -0.15) is 0 Å². The van der Waals surface area contributed by atoms with Crippen molar-refractivity contribution in [1.29, 1.82) is 0 Å². The summed E-state index contributed by atoms with van der Waals surface area (Å²) in [5.74, 6) is 1.12. The molecule has 0 aliphatic heterocycles. The van der Waals surface area contributed by atoms with Crippen molar-refractivity contribution in [2.45, 2.75) is 31.1 Å². The van der Waals surface area contributed by atoms with Crippen LogP contribution in [0.25, 0.3) is 0 Å². The van der Waals surface area contributed by atoms with Crippen LogP contribution in [0, 0.1) is 5.92 Å². The third-order valence-electron chi connectivity index (χ3n) is 3.37. The molecule has 1 saturated carbocycles. The van der Waals surface area contributed by atoms with Crippen molar-refractivity contribution in [3.8, 4) is 5.75 Å². The van der Waals surface area contributed by atoms with E-state index in [1.165, 1.54) is 25.0 Å². The molecule has 0 bridgehead atoms. The Kier molecular flexibility index (Phi) is 5.79. The number of benzene rings is 1. The lowest BCUT2D eigenvalue weighted by Crippen LogP contribution is -2.31. The van der Waals surface area contributed by atoms with Crippen LogP contribution in [0.3, 0.4) is 0 Å². The Morgan fingerprint density at radius 1 is 1.27 bits per heavy atom. The van der Waals surface area contributed by atoms with Gasteiger partial charge in [0.1, 0.15) is 5.75 Å². The van der Waals surface area contributed by atoms with Crippen LogP contribution in [0.4, 0.5) is 0 Å². The minimum absolute atomic E-state index is 0.0893. The minimum Gasteiger partial charge on any atom is -0.494 e. The molecule has 0 heterocycles. The number of rotatable bonds is 9. The predicted molar refractivity (Wildman–Crippen MR) is 83.2 cm³/mol. The average Bonchev–Trinajstić information content (AvgIpc) is 3.30. The zero-order valence-electron chi connectivity index (χ0n) is 12.7. The van der Waals surface area contributed by atoms with Gasteiger partial charge in [-0.05, 0) is 49.9 Å². The first-order valence-electron chi connectivity index (χ1n) is 7.50. The topological polar surface area (TPSA) is 84.5 Å². The Morgan fingerprint density at radius 2 is 1.95 bits per heavy atom. The summed E-state index contributed by atoms with van der Waals surface area (Å²) < 4.78 is 31.9. The molecule has 0 spiro atoms. The van der Waals surface area contributed by atoms with Crippen LogP contribution in [0.2, 0.25) is 0 Å². The van der Waals surface area contributed by atoms with E-state index in [9.17, 15) is 13.2 Å². The van der Waals surface area contributed by atoms with Crippen LogP contribution in [-0.2, 0) is 14.8 Å². The van der Waals surface area contributed by atoms with Crippen LogP contribution < -0.4 is 14.8 Å². The maximum absolute atomic E-state index is 12.1. The van der Waals surface area contributed by atoms with Crippen LogP contribution in [0.1, 0.15) is 26.2 Å². The van der Waals surface area contributed by atoms with E-state index in [1.807, 2.05) is 6.92 Å². The van der Waals surface area contributed by atoms with Crippen molar-refractivity contribution < 1.29 is 17.9 Å². The summed E-state index contributed by atoms with van der Waals surface area (Å²) >= 11 is 0. The van der Waals surface area contributed by atoms with E-state index < -0.39 is 10.0 Å². The van der Waals surface area contributed by atoms with E-state index in [1.54, 1.807) is 12.1 Å². The maximum Gasteiger partial charge on any atom is 0.240 e. The maximum atomic E-state index is 12.1. The molecule has 1 aliphatic rings. The Morgan fingerprint density at radius 3 is 2.55 bits per heavy atom. The predicted octanol–water partition coefficient (Wildman–Crippen LogP) is 1.28. The normalized spacial score (nSPS) is 14.6. The number of amides is 1. The summed E-state index contributed by atoms with van der Waals surface area (Å²) in [6, 6.07) is 6.20. The SMILES string of the molecule is CCOc1ccc(S(=O)(=O)NCCC(=O)NCC2CC2)cc1. The number of hydrogen-bond acceptors (Lipinski definition) is 4. The summed E-state index contributed by atoms with van der Waals surface area (Å²) in [5, 5.41) is 2.80. The summed E-state index contributed by atoms with van der Waals surface area (Å²) in [5.41, 5.74) is 0. The van der Waals surface area contributed by atoms with Crippen molar-refractivity contribution in [3.05, 3.63) is 24.3 Å². The highest BCUT2D eigenvalue weighted by Crippen LogP contribution is 2.27. The van der Waals surface area contributed by atoms with Gasteiger partial charge in [0.2, 0.25) is 15.9 Å². The molecule has 0 radical (unpaired) electrons. The summed E-state index contributed by atoms with van der Waals surface area (Å²) in [7, 11) is -3.59. The molecular formula is C15H22N2O4S. The lowest BCUT2D eigenvalue weighted by Gasteiger charge is -2.08. The standard InChI is InChI=1S/C15H22N2O4S/c1-2-21-13-5-7-14(8-6-13)22(19,20)17-10-9-15(18)16-11-12-3-4-12/h5-8,12,17H,2-4,9-11H2,1H3,(H,16,18). The lowest BCUT2D eigenvalue weighted by atomic mass is 10.3.